The van der Waals surface area contributed by atoms with Gasteiger partial charge in [0.15, 0.2) is 0 Å². The van der Waals surface area contributed by atoms with E-state index in [0.29, 0.717) is 18.9 Å². The molecule has 0 aromatic heterocycles. The van der Waals surface area contributed by atoms with Crippen molar-refractivity contribution in [1.29, 1.82) is 0 Å². The predicted octanol–water partition coefficient (Wildman–Crippen LogP) is 2.77. The van der Waals surface area contributed by atoms with Crippen LogP contribution in [0.4, 0.5) is 0 Å². The van der Waals surface area contributed by atoms with Crippen LogP contribution in [0, 0.1) is 5.92 Å². The quantitative estimate of drug-likeness (QED) is 0.534. The minimum absolute atomic E-state index is 0.548. The van der Waals surface area contributed by atoms with E-state index >= 15 is 0 Å². The highest BCUT2D eigenvalue weighted by molar-refractivity contribution is 8.68. The minimum Gasteiger partial charge on any atom is -0.327 e. The van der Waals surface area contributed by atoms with Crippen LogP contribution in [0.25, 0.3) is 0 Å². The van der Waals surface area contributed by atoms with E-state index in [0.717, 1.165) is 12.2 Å². The molecule has 0 aliphatic heterocycles. The maximum atomic E-state index is 10.3. The first-order chi connectivity index (χ1) is 6.54. The molecule has 0 radical (unpaired) electrons. The first kappa shape index (κ1) is 14.4. The topological polar surface area (TPSA) is 38.3 Å². The Bertz CT molecular complexity index is 212. The zero-order valence-corrected chi connectivity index (χ0v) is 11.4. The minimum atomic E-state index is -2.14. The molecular formula is C8H18NO2PS2. The summed E-state index contributed by atoms with van der Waals surface area (Å²) in [7, 11) is 0. The third-order valence-electron chi connectivity index (χ3n) is 1.47. The van der Waals surface area contributed by atoms with Crippen LogP contribution >= 0.6 is 17.0 Å². The molecular weight excluding hydrogens is 237 g/mol. The highest BCUT2D eigenvalue weighted by atomic mass is 32.9. The average molecular weight is 255 g/mol. The normalized spacial score (nSPS) is 15.1. The van der Waals surface area contributed by atoms with Gasteiger partial charge in [0.05, 0.1) is 6.61 Å². The second-order valence-corrected chi connectivity index (χ2v) is 9.91. The Labute approximate surface area is 95.3 Å². The maximum absolute atomic E-state index is 10.3. The van der Waals surface area contributed by atoms with Gasteiger partial charge in [0.2, 0.25) is 12.0 Å². The standard InChI is InChI=1S/C8H18NO2PS2/c1-4-11-12(13,9-7-10)14-6-5-8(2)3/h7-8H,4-6H2,1-3H3,(H,9,10,13). The SMILES string of the molecule is CCOP(=S)(NC=O)SCCC(C)C. The molecule has 1 amide bonds. The smallest absolute Gasteiger partial charge is 0.213 e. The van der Waals surface area contributed by atoms with Crippen molar-refractivity contribution in [1.82, 2.24) is 5.09 Å². The molecule has 0 saturated carbocycles. The van der Waals surface area contributed by atoms with Crippen molar-refractivity contribution in [3.63, 3.8) is 0 Å². The monoisotopic (exact) mass is 255 g/mol. The van der Waals surface area contributed by atoms with Gasteiger partial charge in [-0.3, -0.25) is 4.79 Å². The molecule has 84 valence electrons. The van der Waals surface area contributed by atoms with Crippen LogP contribution in [0.3, 0.4) is 0 Å². The van der Waals surface area contributed by atoms with Crippen LogP contribution < -0.4 is 5.09 Å². The van der Waals surface area contributed by atoms with E-state index < -0.39 is 5.62 Å². The molecule has 0 bridgehead atoms. The average Bonchev–Trinajstić information content (AvgIpc) is 2.03. The molecule has 1 N–H and O–H groups in total. The fraction of sp³-hybridized carbons (Fsp3) is 0.875. The lowest BCUT2D eigenvalue weighted by Gasteiger charge is -2.19. The summed E-state index contributed by atoms with van der Waals surface area (Å²) in [5.41, 5.74) is -2.14. The summed E-state index contributed by atoms with van der Waals surface area (Å²) in [6.07, 6.45) is 1.73. The van der Waals surface area contributed by atoms with Gasteiger partial charge in [0.1, 0.15) is 0 Å². The molecule has 3 nitrogen and oxygen atoms in total. The molecule has 0 saturated heterocycles. The largest absolute Gasteiger partial charge is 0.327 e. The molecule has 0 aliphatic rings. The number of carbonyl (C=O) groups is 1. The maximum Gasteiger partial charge on any atom is 0.213 e. The number of hydrogen-bond donors (Lipinski definition) is 1. The summed E-state index contributed by atoms with van der Waals surface area (Å²) < 4.78 is 5.40. The molecule has 6 heteroatoms. The number of nitrogens with one attached hydrogen (secondary N) is 1. The van der Waals surface area contributed by atoms with E-state index in [4.69, 9.17) is 16.3 Å². The van der Waals surface area contributed by atoms with E-state index in [1.165, 1.54) is 0 Å². The molecule has 0 heterocycles. The number of rotatable bonds is 8. The van der Waals surface area contributed by atoms with Gasteiger partial charge < -0.3 is 9.61 Å². The molecule has 14 heavy (non-hydrogen) atoms. The summed E-state index contributed by atoms with van der Waals surface area (Å²) >= 11 is 6.82. The lowest BCUT2D eigenvalue weighted by molar-refractivity contribution is -0.108. The van der Waals surface area contributed by atoms with Crippen molar-refractivity contribution in [2.24, 2.45) is 5.92 Å². The third kappa shape index (κ3) is 6.82. The Hall–Kier alpha value is 0.430. The highest BCUT2D eigenvalue weighted by Gasteiger charge is 2.16. The van der Waals surface area contributed by atoms with Crippen LogP contribution in [0.5, 0.6) is 0 Å². The van der Waals surface area contributed by atoms with E-state index in [1.807, 2.05) is 6.92 Å². The van der Waals surface area contributed by atoms with Crippen molar-refractivity contribution in [3.8, 4) is 0 Å². The Balaban J connectivity index is 3.96. The van der Waals surface area contributed by atoms with Crippen LogP contribution in [-0.2, 0) is 21.1 Å². The van der Waals surface area contributed by atoms with Crippen LogP contribution in [0.2, 0.25) is 0 Å². The van der Waals surface area contributed by atoms with Crippen LogP contribution in [0.15, 0.2) is 0 Å². The molecule has 0 aromatic carbocycles. The Kier molecular flexibility index (Phi) is 7.92. The zero-order valence-electron chi connectivity index (χ0n) is 8.86. The predicted molar refractivity (Wildman–Crippen MR) is 67.0 cm³/mol. The Morgan fingerprint density at radius 2 is 2.29 bits per heavy atom. The van der Waals surface area contributed by atoms with Gasteiger partial charge >= 0.3 is 0 Å². The van der Waals surface area contributed by atoms with E-state index in [2.05, 4.69) is 18.9 Å². The fourth-order valence-electron chi connectivity index (χ4n) is 0.755. The first-order valence-corrected chi connectivity index (χ1v) is 8.95. The van der Waals surface area contributed by atoms with Gasteiger partial charge in [-0.05, 0) is 31.1 Å². The summed E-state index contributed by atoms with van der Waals surface area (Å²) in [4.78, 5) is 10.3. The molecule has 0 fully saturated rings. The van der Waals surface area contributed by atoms with Crippen LogP contribution in [0.1, 0.15) is 27.2 Å². The third-order valence-corrected chi connectivity index (χ3v) is 7.03. The summed E-state index contributed by atoms with van der Waals surface area (Å²) in [5.74, 6) is 1.60. The molecule has 1 atom stereocenters. The lowest BCUT2D eigenvalue weighted by Crippen LogP contribution is -2.08. The number of hydrogen-bond acceptors (Lipinski definition) is 4. The van der Waals surface area contributed by atoms with Crippen LogP contribution in [-0.4, -0.2) is 18.8 Å². The Morgan fingerprint density at radius 3 is 2.71 bits per heavy atom. The fourth-order valence-corrected chi connectivity index (χ4v) is 5.31. The molecule has 0 spiro atoms. The van der Waals surface area contributed by atoms with Gasteiger partial charge in [-0.2, -0.15) is 0 Å². The van der Waals surface area contributed by atoms with Crippen molar-refractivity contribution in [2.75, 3.05) is 12.4 Å². The second kappa shape index (κ2) is 7.69. The molecule has 0 rings (SSSR count). The van der Waals surface area contributed by atoms with Crippen molar-refractivity contribution in [2.45, 2.75) is 27.2 Å². The van der Waals surface area contributed by atoms with E-state index in [-0.39, 0.29) is 0 Å². The summed E-state index contributed by atoms with van der Waals surface area (Å²) in [6, 6.07) is 0. The number of amides is 1. The summed E-state index contributed by atoms with van der Waals surface area (Å²) in [5, 5.41) is 2.62. The van der Waals surface area contributed by atoms with E-state index in [9.17, 15) is 4.79 Å². The van der Waals surface area contributed by atoms with Gasteiger partial charge in [-0.1, -0.05) is 25.2 Å². The van der Waals surface area contributed by atoms with Crippen molar-refractivity contribution in [3.05, 3.63) is 0 Å². The van der Waals surface area contributed by atoms with Gasteiger partial charge in [-0.15, -0.1) is 0 Å². The van der Waals surface area contributed by atoms with Crippen molar-refractivity contribution < 1.29 is 9.32 Å². The Morgan fingerprint density at radius 1 is 1.64 bits per heavy atom. The number of carbonyl (C=O) groups excluding carboxylic acids is 1. The molecule has 1 unspecified atom stereocenters. The van der Waals surface area contributed by atoms with Gasteiger partial charge in [-0.25, -0.2) is 0 Å². The molecule has 0 aromatic rings. The van der Waals surface area contributed by atoms with E-state index in [1.54, 1.807) is 11.4 Å². The van der Waals surface area contributed by atoms with Crippen molar-refractivity contribution >= 4 is 35.2 Å². The lowest BCUT2D eigenvalue weighted by atomic mass is 10.2. The van der Waals surface area contributed by atoms with Gasteiger partial charge in [0.25, 0.3) is 0 Å². The summed E-state index contributed by atoms with van der Waals surface area (Å²) in [6.45, 7) is 6.76. The zero-order chi connectivity index (χ0) is 11.0. The molecule has 0 aliphatic carbocycles. The van der Waals surface area contributed by atoms with Gasteiger partial charge in [0, 0.05) is 5.75 Å². The first-order valence-electron chi connectivity index (χ1n) is 4.64. The second-order valence-electron chi connectivity index (χ2n) is 3.18. The highest BCUT2D eigenvalue weighted by Crippen LogP contribution is 2.55.